The number of ether oxygens (including phenoxy) is 1. The lowest BCUT2D eigenvalue weighted by molar-refractivity contribution is -0.132. The second-order valence-electron chi connectivity index (χ2n) is 5.00. The van der Waals surface area contributed by atoms with Crippen molar-refractivity contribution in [1.29, 1.82) is 0 Å². The summed E-state index contributed by atoms with van der Waals surface area (Å²) >= 11 is 3.45. The minimum atomic E-state index is -0.222. The minimum Gasteiger partial charge on any atom is -0.385 e. The van der Waals surface area contributed by atoms with Gasteiger partial charge in [-0.05, 0) is 37.0 Å². The van der Waals surface area contributed by atoms with Gasteiger partial charge in [-0.2, -0.15) is 0 Å². The zero-order valence-corrected chi connectivity index (χ0v) is 13.2. The zero-order valence-electron chi connectivity index (χ0n) is 11.6. The normalized spacial score (nSPS) is 14.2. The van der Waals surface area contributed by atoms with Crippen LogP contribution in [-0.4, -0.2) is 31.1 Å². The van der Waals surface area contributed by atoms with Crippen molar-refractivity contribution >= 4 is 21.8 Å². The van der Waals surface area contributed by atoms with Crippen LogP contribution >= 0.6 is 15.9 Å². The lowest BCUT2D eigenvalue weighted by Crippen LogP contribution is -2.36. The number of benzene rings is 1. The molecule has 1 aromatic rings. The average Bonchev–Trinajstić information content (AvgIpc) is 2.47. The van der Waals surface area contributed by atoms with E-state index in [0.29, 0.717) is 38.1 Å². The summed E-state index contributed by atoms with van der Waals surface area (Å²) in [6.45, 7) is 1.72. The first-order valence-electron chi connectivity index (χ1n) is 6.86. The van der Waals surface area contributed by atoms with Crippen molar-refractivity contribution in [2.75, 3.05) is 20.3 Å². The molecule has 0 radical (unpaired) electrons. The molecule has 5 heteroatoms. The Morgan fingerprint density at radius 1 is 1.40 bits per heavy atom. The molecular weight excluding hydrogens is 325 g/mol. The van der Waals surface area contributed by atoms with Gasteiger partial charge in [-0.1, -0.05) is 15.9 Å². The molecule has 3 nitrogen and oxygen atoms in total. The number of hydrogen-bond acceptors (Lipinski definition) is 2. The minimum absolute atomic E-state index is 0.103. The van der Waals surface area contributed by atoms with E-state index in [9.17, 15) is 9.18 Å². The molecule has 1 aliphatic heterocycles. The predicted molar refractivity (Wildman–Crippen MR) is 78.9 cm³/mol. The van der Waals surface area contributed by atoms with Gasteiger partial charge in [0.15, 0.2) is 0 Å². The van der Waals surface area contributed by atoms with Gasteiger partial charge in [0.05, 0.1) is 0 Å². The fourth-order valence-corrected chi connectivity index (χ4v) is 3.06. The largest absolute Gasteiger partial charge is 0.385 e. The van der Waals surface area contributed by atoms with Crippen LogP contribution in [0.3, 0.4) is 0 Å². The molecule has 0 unspecified atom stereocenters. The Kier molecular flexibility index (Phi) is 5.54. The molecule has 110 valence electrons. The van der Waals surface area contributed by atoms with Gasteiger partial charge in [0.2, 0.25) is 5.91 Å². The maximum atomic E-state index is 13.9. The van der Waals surface area contributed by atoms with Crippen LogP contribution < -0.4 is 0 Å². The van der Waals surface area contributed by atoms with Crippen molar-refractivity contribution in [3.8, 4) is 0 Å². The number of carbonyl (C=O) groups is 1. The predicted octanol–water partition coefficient (Wildman–Crippen LogP) is 3.29. The maximum Gasteiger partial charge on any atom is 0.222 e. The highest BCUT2D eigenvalue weighted by Gasteiger charge is 2.24. The second kappa shape index (κ2) is 7.18. The second-order valence-corrected chi connectivity index (χ2v) is 5.86. The topological polar surface area (TPSA) is 29.5 Å². The fourth-order valence-electron chi connectivity index (χ4n) is 2.49. The number of nitrogens with zero attached hydrogens (tertiary/aromatic N) is 1. The number of carbonyl (C=O) groups excluding carboxylic acids is 1. The summed E-state index contributed by atoms with van der Waals surface area (Å²) in [5.41, 5.74) is 1.64. The van der Waals surface area contributed by atoms with Crippen molar-refractivity contribution in [2.24, 2.45) is 0 Å². The van der Waals surface area contributed by atoms with Crippen LogP contribution in [0, 0.1) is 5.82 Å². The van der Waals surface area contributed by atoms with E-state index < -0.39 is 0 Å². The molecule has 1 aromatic carbocycles. The third-order valence-corrected chi connectivity index (χ3v) is 4.38. The number of methoxy groups -OCH3 is 1. The number of unbranched alkanes of at least 4 members (excludes halogenated alkanes) is 1. The maximum absolute atomic E-state index is 13.9. The molecule has 1 aliphatic rings. The first-order valence-corrected chi connectivity index (χ1v) is 7.65. The standard InChI is InChI=1S/C15H19BrFNO2/c1-20-9-3-2-4-15(19)18-8-7-11-12(10-18)14(17)6-5-13(11)16/h5-6H,2-4,7-10H2,1H3. The van der Waals surface area contributed by atoms with E-state index in [1.54, 1.807) is 18.1 Å². The lowest BCUT2D eigenvalue weighted by atomic mass is 9.99. The van der Waals surface area contributed by atoms with E-state index in [4.69, 9.17) is 4.74 Å². The molecule has 1 amide bonds. The summed E-state index contributed by atoms with van der Waals surface area (Å²) in [6, 6.07) is 3.19. The summed E-state index contributed by atoms with van der Waals surface area (Å²) in [7, 11) is 1.66. The molecule has 0 bridgehead atoms. The van der Waals surface area contributed by atoms with Crippen molar-refractivity contribution in [2.45, 2.75) is 32.2 Å². The molecular formula is C15H19BrFNO2. The van der Waals surface area contributed by atoms with E-state index in [1.807, 2.05) is 0 Å². The Morgan fingerprint density at radius 2 is 2.20 bits per heavy atom. The molecule has 0 saturated heterocycles. The third kappa shape index (κ3) is 3.58. The number of halogens is 2. The molecule has 0 atom stereocenters. The van der Waals surface area contributed by atoms with Crippen LogP contribution in [0.2, 0.25) is 0 Å². The Balaban J connectivity index is 1.97. The molecule has 0 spiro atoms. The van der Waals surface area contributed by atoms with E-state index >= 15 is 0 Å². The number of hydrogen-bond donors (Lipinski definition) is 0. The van der Waals surface area contributed by atoms with Crippen LogP contribution in [0.1, 0.15) is 30.4 Å². The summed E-state index contributed by atoms with van der Waals surface area (Å²) in [6.07, 6.45) is 2.91. The third-order valence-electron chi connectivity index (χ3n) is 3.64. The van der Waals surface area contributed by atoms with Crippen LogP contribution in [-0.2, 0) is 22.5 Å². The van der Waals surface area contributed by atoms with Crippen molar-refractivity contribution in [1.82, 2.24) is 4.90 Å². The van der Waals surface area contributed by atoms with Gasteiger partial charge in [-0.3, -0.25) is 4.79 Å². The van der Waals surface area contributed by atoms with Crippen molar-refractivity contribution < 1.29 is 13.9 Å². The van der Waals surface area contributed by atoms with E-state index in [-0.39, 0.29) is 11.7 Å². The summed E-state index contributed by atoms with van der Waals surface area (Å²) in [5.74, 6) is -0.119. The zero-order chi connectivity index (χ0) is 14.5. The highest BCUT2D eigenvalue weighted by Crippen LogP contribution is 2.28. The first-order chi connectivity index (χ1) is 9.63. The molecule has 0 aliphatic carbocycles. The molecule has 20 heavy (non-hydrogen) atoms. The van der Waals surface area contributed by atoms with Crippen molar-refractivity contribution in [3.63, 3.8) is 0 Å². The van der Waals surface area contributed by atoms with Crippen molar-refractivity contribution in [3.05, 3.63) is 33.5 Å². The van der Waals surface area contributed by atoms with Crippen LogP contribution in [0.4, 0.5) is 4.39 Å². The average molecular weight is 344 g/mol. The van der Waals surface area contributed by atoms with Crippen LogP contribution in [0.5, 0.6) is 0 Å². The van der Waals surface area contributed by atoms with E-state index in [0.717, 1.165) is 22.9 Å². The number of fused-ring (bicyclic) bond motifs is 1. The Labute approximate surface area is 127 Å². The van der Waals surface area contributed by atoms with Gasteiger partial charge in [0, 0.05) is 43.3 Å². The molecule has 2 rings (SSSR count). The fraction of sp³-hybridized carbons (Fsp3) is 0.533. The van der Waals surface area contributed by atoms with E-state index in [2.05, 4.69) is 15.9 Å². The number of amides is 1. The molecule has 1 heterocycles. The highest BCUT2D eigenvalue weighted by atomic mass is 79.9. The Hall–Kier alpha value is -0.940. The van der Waals surface area contributed by atoms with E-state index in [1.165, 1.54) is 6.07 Å². The van der Waals surface area contributed by atoms with Gasteiger partial charge in [-0.15, -0.1) is 0 Å². The monoisotopic (exact) mass is 343 g/mol. The molecule has 0 fully saturated rings. The van der Waals surface area contributed by atoms with Crippen LogP contribution in [0.25, 0.3) is 0 Å². The summed E-state index contributed by atoms with van der Waals surface area (Å²) in [4.78, 5) is 13.9. The number of rotatable bonds is 5. The quantitative estimate of drug-likeness (QED) is 0.767. The SMILES string of the molecule is COCCCCC(=O)N1CCc2c(Br)ccc(F)c2C1. The Morgan fingerprint density at radius 3 is 2.95 bits per heavy atom. The van der Waals surface area contributed by atoms with Crippen LogP contribution in [0.15, 0.2) is 16.6 Å². The summed E-state index contributed by atoms with van der Waals surface area (Å²) < 4.78 is 19.8. The lowest BCUT2D eigenvalue weighted by Gasteiger charge is -2.30. The van der Waals surface area contributed by atoms with Gasteiger partial charge in [0.25, 0.3) is 0 Å². The smallest absolute Gasteiger partial charge is 0.222 e. The molecule has 0 aromatic heterocycles. The Bertz CT molecular complexity index is 493. The first kappa shape index (κ1) is 15.4. The molecule has 0 N–H and O–H groups in total. The molecule has 0 saturated carbocycles. The van der Waals surface area contributed by atoms with Gasteiger partial charge in [0.1, 0.15) is 5.82 Å². The van der Waals surface area contributed by atoms with Gasteiger partial charge in [-0.25, -0.2) is 4.39 Å². The highest BCUT2D eigenvalue weighted by molar-refractivity contribution is 9.10. The van der Waals surface area contributed by atoms with Gasteiger partial charge >= 0.3 is 0 Å². The summed E-state index contributed by atoms with van der Waals surface area (Å²) in [5, 5.41) is 0. The van der Waals surface area contributed by atoms with Gasteiger partial charge < -0.3 is 9.64 Å².